The summed E-state index contributed by atoms with van der Waals surface area (Å²) in [7, 11) is -3.32. The van der Waals surface area contributed by atoms with Crippen LogP contribution in [0.4, 0.5) is 0 Å². The number of aromatic nitrogens is 1. The van der Waals surface area contributed by atoms with Crippen LogP contribution in [0.5, 0.6) is 0 Å². The highest BCUT2D eigenvalue weighted by Crippen LogP contribution is 2.09. The molecule has 2 rings (SSSR count). The molecule has 1 saturated heterocycles. The summed E-state index contributed by atoms with van der Waals surface area (Å²) in [5, 5.41) is 3.11. The van der Waals surface area contributed by atoms with Crippen LogP contribution in [-0.2, 0) is 10.0 Å². The van der Waals surface area contributed by atoms with Crippen LogP contribution in [0, 0.1) is 0 Å². The van der Waals surface area contributed by atoms with Crippen molar-refractivity contribution in [1.82, 2.24) is 15.0 Å². The van der Waals surface area contributed by atoms with E-state index in [0.717, 1.165) is 13.0 Å². The second kappa shape index (κ2) is 3.72. The van der Waals surface area contributed by atoms with Gasteiger partial charge in [-0.1, -0.05) is 0 Å². The first-order valence-electron chi connectivity index (χ1n) is 4.54. The molecule has 0 radical (unpaired) electrons. The van der Waals surface area contributed by atoms with E-state index in [1.165, 1.54) is 6.20 Å². The molecule has 6 heteroatoms. The molecule has 0 aromatic carbocycles. The summed E-state index contributed by atoms with van der Waals surface area (Å²) in [5.41, 5.74) is 0. The van der Waals surface area contributed by atoms with Gasteiger partial charge in [0.2, 0.25) is 10.0 Å². The Hall–Kier alpha value is -0.850. The molecule has 0 saturated carbocycles. The van der Waals surface area contributed by atoms with Crippen molar-refractivity contribution >= 4 is 10.0 Å². The Morgan fingerprint density at radius 1 is 1.50 bits per heavy atom. The molecule has 0 spiro atoms. The number of hydrogen-bond acceptors (Lipinski definition) is 3. The number of aromatic amines is 1. The van der Waals surface area contributed by atoms with Gasteiger partial charge in [-0.15, -0.1) is 0 Å². The molecule has 0 bridgehead atoms. The van der Waals surface area contributed by atoms with E-state index in [-0.39, 0.29) is 6.04 Å². The number of sulfonamides is 1. The lowest BCUT2D eigenvalue weighted by Crippen LogP contribution is -2.35. The van der Waals surface area contributed by atoms with E-state index in [1.807, 2.05) is 0 Å². The molecule has 78 valence electrons. The predicted molar refractivity (Wildman–Crippen MR) is 52.4 cm³/mol. The predicted octanol–water partition coefficient (Wildman–Crippen LogP) is -0.345. The Morgan fingerprint density at radius 3 is 2.93 bits per heavy atom. The zero-order valence-corrected chi connectivity index (χ0v) is 8.47. The van der Waals surface area contributed by atoms with Crippen molar-refractivity contribution in [2.45, 2.75) is 17.4 Å². The molecule has 0 aliphatic carbocycles. The molecule has 0 amide bonds. The molecule has 2 heterocycles. The van der Waals surface area contributed by atoms with Gasteiger partial charge in [0.25, 0.3) is 0 Å². The second-order valence-corrected chi connectivity index (χ2v) is 5.07. The Labute approximate surface area is 83.0 Å². The zero-order chi connectivity index (χ0) is 10.0. The number of rotatable bonds is 3. The fraction of sp³-hybridized carbons (Fsp3) is 0.500. The Kier molecular flexibility index (Phi) is 2.58. The molecule has 1 fully saturated rings. The molecule has 1 aliphatic heterocycles. The lowest BCUT2D eigenvalue weighted by atomic mass is 10.3. The number of hydrogen-bond donors (Lipinski definition) is 3. The lowest BCUT2D eigenvalue weighted by molar-refractivity contribution is 0.560. The van der Waals surface area contributed by atoms with Crippen LogP contribution in [0.1, 0.15) is 6.42 Å². The highest BCUT2D eigenvalue weighted by atomic mass is 32.2. The summed E-state index contributed by atoms with van der Waals surface area (Å²) in [6, 6.07) is 1.57. The van der Waals surface area contributed by atoms with Gasteiger partial charge in [-0.05, 0) is 19.0 Å². The molecule has 3 N–H and O–H groups in total. The zero-order valence-electron chi connectivity index (χ0n) is 7.66. The minimum atomic E-state index is -3.32. The molecule has 1 atom stereocenters. The first kappa shape index (κ1) is 9.70. The van der Waals surface area contributed by atoms with Crippen LogP contribution in [0.2, 0.25) is 0 Å². The summed E-state index contributed by atoms with van der Waals surface area (Å²) >= 11 is 0. The third-order valence-corrected chi connectivity index (χ3v) is 3.78. The van der Waals surface area contributed by atoms with Gasteiger partial charge in [0, 0.05) is 25.0 Å². The highest BCUT2D eigenvalue weighted by Gasteiger charge is 2.22. The summed E-state index contributed by atoms with van der Waals surface area (Å²) < 4.78 is 26.0. The van der Waals surface area contributed by atoms with E-state index in [1.54, 1.807) is 12.3 Å². The van der Waals surface area contributed by atoms with Crippen molar-refractivity contribution in [3.8, 4) is 0 Å². The van der Waals surface area contributed by atoms with Gasteiger partial charge < -0.3 is 10.3 Å². The maximum absolute atomic E-state index is 11.7. The third-order valence-electron chi connectivity index (χ3n) is 2.26. The molecular weight excluding hydrogens is 202 g/mol. The monoisotopic (exact) mass is 215 g/mol. The van der Waals surface area contributed by atoms with Crippen molar-refractivity contribution in [3.63, 3.8) is 0 Å². The first-order valence-corrected chi connectivity index (χ1v) is 6.03. The van der Waals surface area contributed by atoms with Gasteiger partial charge >= 0.3 is 0 Å². The maximum atomic E-state index is 11.7. The van der Waals surface area contributed by atoms with E-state index in [2.05, 4.69) is 15.0 Å². The Morgan fingerprint density at radius 2 is 2.36 bits per heavy atom. The van der Waals surface area contributed by atoms with Gasteiger partial charge in [0.15, 0.2) is 0 Å². The van der Waals surface area contributed by atoms with Crippen LogP contribution >= 0.6 is 0 Å². The molecule has 1 aliphatic rings. The van der Waals surface area contributed by atoms with Gasteiger partial charge in [0.05, 0.1) is 4.90 Å². The van der Waals surface area contributed by atoms with E-state index in [0.29, 0.717) is 11.4 Å². The molecule has 1 aromatic heterocycles. The first-order chi connectivity index (χ1) is 6.68. The molecule has 1 unspecified atom stereocenters. The average Bonchev–Trinajstić information content (AvgIpc) is 2.71. The summed E-state index contributed by atoms with van der Waals surface area (Å²) in [4.78, 5) is 3.02. The van der Waals surface area contributed by atoms with Crippen LogP contribution in [0.3, 0.4) is 0 Å². The van der Waals surface area contributed by atoms with Crippen LogP contribution in [0.15, 0.2) is 23.4 Å². The van der Waals surface area contributed by atoms with Crippen molar-refractivity contribution in [1.29, 1.82) is 0 Å². The van der Waals surface area contributed by atoms with E-state index < -0.39 is 10.0 Å². The van der Waals surface area contributed by atoms with Crippen LogP contribution in [0.25, 0.3) is 0 Å². The second-order valence-electron chi connectivity index (χ2n) is 3.36. The van der Waals surface area contributed by atoms with Gasteiger partial charge in [-0.25, -0.2) is 13.1 Å². The fourth-order valence-corrected chi connectivity index (χ4v) is 2.76. The number of H-pyrrole nitrogens is 1. The van der Waals surface area contributed by atoms with Crippen molar-refractivity contribution in [3.05, 3.63) is 18.5 Å². The normalized spacial score (nSPS) is 22.7. The maximum Gasteiger partial charge on any atom is 0.242 e. The van der Waals surface area contributed by atoms with Gasteiger partial charge in [-0.2, -0.15) is 0 Å². The molecule has 5 nitrogen and oxygen atoms in total. The fourth-order valence-electron chi connectivity index (χ4n) is 1.52. The smallest absolute Gasteiger partial charge is 0.242 e. The summed E-state index contributed by atoms with van der Waals surface area (Å²) in [6.45, 7) is 1.59. The highest BCUT2D eigenvalue weighted by molar-refractivity contribution is 7.89. The lowest BCUT2D eigenvalue weighted by Gasteiger charge is -2.10. The van der Waals surface area contributed by atoms with E-state index >= 15 is 0 Å². The minimum absolute atomic E-state index is 0.0231. The molecular formula is C8H13N3O2S. The Balaban J connectivity index is 2.09. The largest absolute Gasteiger partial charge is 0.366 e. The van der Waals surface area contributed by atoms with Crippen molar-refractivity contribution in [2.24, 2.45) is 0 Å². The van der Waals surface area contributed by atoms with Crippen molar-refractivity contribution < 1.29 is 8.42 Å². The van der Waals surface area contributed by atoms with E-state index in [9.17, 15) is 8.42 Å². The topological polar surface area (TPSA) is 74.0 Å². The van der Waals surface area contributed by atoms with E-state index in [4.69, 9.17) is 0 Å². The third kappa shape index (κ3) is 1.97. The minimum Gasteiger partial charge on any atom is -0.366 e. The number of nitrogens with one attached hydrogen (secondary N) is 3. The summed E-state index contributed by atoms with van der Waals surface area (Å²) in [6.07, 6.45) is 3.93. The van der Waals surface area contributed by atoms with Gasteiger partial charge in [-0.3, -0.25) is 0 Å². The Bertz CT molecular complexity index is 379. The van der Waals surface area contributed by atoms with Crippen LogP contribution in [-0.4, -0.2) is 32.5 Å². The molecule has 1 aromatic rings. The SMILES string of the molecule is O=S(=O)(NC1CCNC1)c1cc[nH]c1. The van der Waals surface area contributed by atoms with Crippen LogP contribution < -0.4 is 10.0 Å². The van der Waals surface area contributed by atoms with Gasteiger partial charge in [0.1, 0.15) is 0 Å². The quantitative estimate of drug-likeness (QED) is 0.645. The standard InChI is InChI=1S/C8H13N3O2S/c12-14(13,8-2-4-10-6-8)11-7-1-3-9-5-7/h2,4,6-7,9-11H,1,3,5H2. The molecule has 14 heavy (non-hydrogen) atoms. The average molecular weight is 215 g/mol. The van der Waals surface area contributed by atoms with Crippen molar-refractivity contribution in [2.75, 3.05) is 13.1 Å². The summed E-state index contributed by atoms with van der Waals surface area (Å²) in [5.74, 6) is 0.